The number of unbranched alkanes of at least 4 members (excludes halogenated alkanes) is 13. The maximum atomic E-state index is 13.1. The number of rotatable bonds is 41. The third-order valence-corrected chi connectivity index (χ3v) is 10.1. The van der Waals surface area contributed by atoms with Gasteiger partial charge in [0.05, 0.1) is 25.2 Å². The summed E-state index contributed by atoms with van der Waals surface area (Å²) in [5.41, 5.74) is 0. The van der Waals surface area contributed by atoms with Gasteiger partial charge in [0.15, 0.2) is 0 Å². The number of ether oxygens (including phenoxy) is 1. The minimum Gasteiger partial charge on any atom is -0.458 e. The van der Waals surface area contributed by atoms with Crippen molar-refractivity contribution in [2.75, 3.05) is 6.61 Å². The van der Waals surface area contributed by atoms with E-state index in [2.05, 4.69) is 123 Å². The Morgan fingerprint density at radius 3 is 1.42 bits per heavy atom. The minimum atomic E-state index is -0.829. The van der Waals surface area contributed by atoms with Crippen LogP contribution >= 0.6 is 0 Å². The first-order valence-corrected chi connectivity index (χ1v) is 24.1. The summed E-state index contributed by atoms with van der Waals surface area (Å²) >= 11 is 0. The summed E-state index contributed by atoms with van der Waals surface area (Å²) in [5.74, 6) is -0.669. The molecule has 6 nitrogen and oxygen atoms in total. The van der Waals surface area contributed by atoms with Crippen molar-refractivity contribution in [3.8, 4) is 0 Å². The monoisotopic (exact) mass is 832 g/mol. The fourth-order valence-electron chi connectivity index (χ4n) is 6.50. The van der Waals surface area contributed by atoms with Crippen LogP contribution in [0.1, 0.15) is 194 Å². The van der Waals surface area contributed by atoms with Crippen molar-refractivity contribution in [3.05, 3.63) is 109 Å². The molecule has 0 aromatic carbocycles. The first-order valence-electron chi connectivity index (χ1n) is 24.1. The zero-order valence-corrected chi connectivity index (χ0v) is 38.5. The average molecular weight is 832 g/mol. The number of carbonyl (C=O) groups excluding carboxylic acids is 2. The smallest absolute Gasteiger partial charge is 0.306 e. The molecule has 0 aliphatic heterocycles. The molecule has 0 aliphatic carbocycles. The van der Waals surface area contributed by atoms with E-state index in [4.69, 9.17) is 4.74 Å². The summed E-state index contributed by atoms with van der Waals surface area (Å²) in [5, 5.41) is 23.6. The van der Waals surface area contributed by atoms with Gasteiger partial charge in [0.2, 0.25) is 5.91 Å². The van der Waals surface area contributed by atoms with Crippen molar-refractivity contribution >= 4 is 11.9 Å². The second kappa shape index (κ2) is 46.6. The van der Waals surface area contributed by atoms with Crippen molar-refractivity contribution in [1.29, 1.82) is 0 Å². The highest BCUT2D eigenvalue weighted by atomic mass is 16.5. The van der Waals surface area contributed by atoms with Crippen LogP contribution < -0.4 is 5.32 Å². The van der Waals surface area contributed by atoms with Crippen LogP contribution in [0.5, 0.6) is 0 Å². The first-order chi connectivity index (χ1) is 29.5. The zero-order chi connectivity index (χ0) is 43.8. The van der Waals surface area contributed by atoms with Crippen LogP contribution in [-0.2, 0) is 14.3 Å². The Hall–Kier alpha value is -3.48. The Kier molecular flexibility index (Phi) is 43.9. The SMILES string of the molecule is CC/C=C\C/C=C\C/C=C\C/C=C\C/C=C\C/C=C\C(CC(=O)NC(CO)C(O)CCCCCCCCCCCC)OC(=O)CCCCCC/C=C/C/C=C/C/C=C/CC. The summed E-state index contributed by atoms with van der Waals surface area (Å²) in [4.78, 5) is 26.0. The van der Waals surface area contributed by atoms with E-state index >= 15 is 0 Å². The largest absolute Gasteiger partial charge is 0.458 e. The topological polar surface area (TPSA) is 95.9 Å². The highest BCUT2D eigenvalue weighted by Crippen LogP contribution is 2.14. The number of hydrogen-bond acceptors (Lipinski definition) is 5. The Morgan fingerprint density at radius 1 is 0.517 bits per heavy atom. The third kappa shape index (κ3) is 41.3. The molecular formula is C54H89NO5. The van der Waals surface area contributed by atoms with Crippen LogP contribution in [-0.4, -0.2) is 46.9 Å². The van der Waals surface area contributed by atoms with Crippen molar-refractivity contribution < 1.29 is 24.5 Å². The van der Waals surface area contributed by atoms with Gasteiger partial charge in [0, 0.05) is 6.42 Å². The Bertz CT molecular complexity index is 1250. The lowest BCUT2D eigenvalue weighted by atomic mass is 10.0. The van der Waals surface area contributed by atoms with Gasteiger partial charge in [-0.25, -0.2) is 0 Å². The van der Waals surface area contributed by atoms with Gasteiger partial charge in [-0.15, -0.1) is 0 Å². The Balaban J connectivity index is 4.86. The van der Waals surface area contributed by atoms with Gasteiger partial charge in [-0.2, -0.15) is 0 Å². The molecule has 3 N–H and O–H groups in total. The molecule has 0 aromatic rings. The summed E-state index contributed by atoms with van der Waals surface area (Å²) in [6, 6.07) is -0.753. The van der Waals surface area contributed by atoms with E-state index in [0.29, 0.717) is 19.3 Å². The summed E-state index contributed by atoms with van der Waals surface area (Å²) in [6.45, 7) is 6.18. The van der Waals surface area contributed by atoms with Crippen LogP contribution in [0.15, 0.2) is 109 Å². The van der Waals surface area contributed by atoms with E-state index in [1.165, 1.54) is 44.9 Å². The number of aliphatic hydroxyl groups excluding tert-OH is 2. The number of esters is 1. The van der Waals surface area contributed by atoms with Gasteiger partial charge in [0.25, 0.3) is 0 Å². The molecule has 6 heteroatoms. The standard InChI is InChI=1S/C54H89NO5/c1-4-7-10-13-16-19-22-24-26-27-28-29-31-33-36-39-42-45-50(60-54(59)47-44-41-38-35-32-30-25-23-20-17-14-11-8-5-2)48-53(58)55-51(49-56)52(57)46-43-40-37-34-21-18-15-12-9-6-3/h7-8,10-11,16-17,19-20,24-26,28-30,33,36,42,45,50-52,56-57H,4-6,9,12-15,18,21-23,27,31-32,34-35,37-41,43-44,46-49H2,1-3H3,(H,55,58)/b10-7-,11-8+,19-16-,20-17+,26-24-,29-28-,30-25+,36-33-,45-42-. The molecule has 0 fully saturated rings. The number of nitrogens with one attached hydrogen (secondary N) is 1. The number of carbonyl (C=O) groups is 2. The highest BCUT2D eigenvalue weighted by molar-refractivity contribution is 5.78. The van der Waals surface area contributed by atoms with Gasteiger partial charge >= 0.3 is 5.97 Å². The van der Waals surface area contributed by atoms with Crippen molar-refractivity contribution in [3.63, 3.8) is 0 Å². The lowest BCUT2D eigenvalue weighted by molar-refractivity contribution is -0.148. The molecule has 1 amide bonds. The molecule has 3 atom stereocenters. The predicted octanol–water partition coefficient (Wildman–Crippen LogP) is 14.3. The normalized spacial score (nSPS) is 14.3. The van der Waals surface area contributed by atoms with Crippen molar-refractivity contribution in [1.82, 2.24) is 5.32 Å². The number of hydrogen-bond donors (Lipinski definition) is 3. The lowest BCUT2D eigenvalue weighted by Crippen LogP contribution is -2.46. The fraction of sp³-hybridized carbons (Fsp3) is 0.630. The Labute approximate surface area is 368 Å². The fourth-order valence-corrected chi connectivity index (χ4v) is 6.50. The van der Waals surface area contributed by atoms with Gasteiger partial charge in [-0.05, 0) is 89.5 Å². The lowest BCUT2D eigenvalue weighted by Gasteiger charge is -2.23. The zero-order valence-electron chi connectivity index (χ0n) is 38.5. The summed E-state index contributed by atoms with van der Waals surface area (Å²) in [7, 11) is 0. The molecule has 0 bridgehead atoms. The minimum absolute atomic E-state index is 0.0631. The van der Waals surface area contributed by atoms with E-state index in [9.17, 15) is 19.8 Å². The van der Waals surface area contributed by atoms with E-state index in [1.54, 1.807) is 6.08 Å². The van der Waals surface area contributed by atoms with Crippen LogP contribution in [0.25, 0.3) is 0 Å². The number of amides is 1. The molecule has 0 saturated heterocycles. The van der Waals surface area contributed by atoms with E-state index in [1.807, 2.05) is 6.08 Å². The van der Waals surface area contributed by atoms with E-state index in [0.717, 1.165) is 103 Å². The van der Waals surface area contributed by atoms with Crippen LogP contribution in [0.3, 0.4) is 0 Å². The maximum absolute atomic E-state index is 13.1. The molecule has 3 unspecified atom stereocenters. The molecule has 0 spiro atoms. The van der Waals surface area contributed by atoms with Gasteiger partial charge in [0.1, 0.15) is 6.10 Å². The molecule has 0 aliphatic rings. The van der Waals surface area contributed by atoms with Gasteiger partial charge in [-0.1, -0.05) is 201 Å². The molecule has 0 aromatic heterocycles. The molecule has 340 valence electrons. The number of allylic oxidation sites excluding steroid dienone is 17. The van der Waals surface area contributed by atoms with E-state index < -0.39 is 18.2 Å². The molecule has 0 rings (SSSR count). The third-order valence-electron chi connectivity index (χ3n) is 10.1. The molecular weight excluding hydrogens is 743 g/mol. The van der Waals surface area contributed by atoms with Crippen LogP contribution in [0.2, 0.25) is 0 Å². The molecule has 0 heterocycles. The second-order valence-electron chi connectivity index (χ2n) is 15.7. The van der Waals surface area contributed by atoms with Gasteiger partial charge in [-0.3, -0.25) is 9.59 Å². The van der Waals surface area contributed by atoms with Gasteiger partial charge < -0.3 is 20.3 Å². The first kappa shape index (κ1) is 56.5. The van der Waals surface area contributed by atoms with Crippen LogP contribution in [0.4, 0.5) is 0 Å². The summed E-state index contributed by atoms with van der Waals surface area (Å²) in [6.07, 6.45) is 63.2. The molecule has 60 heavy (non-hydrogen) atoms. The summed E-state index contributed by atoms with van der Waals surface area (Å²) < 4.78 is 5.80. The van der Waals surface area contributed by atoms with Crippen LogP contribution in [0, 0.1) is 0 Å². The Morgan fingerprint density at radius 2 is 0.933 bits per heavy atom. The quantitative estimate of drug-likeness (QED) is 0.0324. The average Bonchev–Trinajstić information content (AvgIpc) is 3.24. The van der Waals surface area contributed by atoms with Crippen molar-refractivity contribution in [2.24, 2.45) is 0 Å². The highest BCUT2D eigenvalue weighted by Gasteiger charge is 2.23. The second-order valence-corrected chi connectivity index (χ2v) is 15.7. The number of aliphatic hydroxyl groups is 2. The van der Waals surface area contributed by atoms with Crippen molar-refractivity contribution in [2.45, 2.75) is 212 Å². The maximum Gasteiger partial charge on any atom is 0.306 e. The van der Waals surface area contributed by atoms with E-state index in [-0.39, 0.29) is 24.9 Å². The predicted molar refractivity (Wildman–Crippen MR) is 259 cm³/mol. The molecule has 0 radical (unpaired) electrons. The molecule has 0 saturated carbocycles.